The van der Waals surface area contributed by atoms with Gasteiger partial charge >= 0.3 is 0 Å². The summed E-state index contributed by atoms with van der Waals surface area (Å²) in [6.07, 6.45) is 5.09. The Morgan fingerprint density at radius 1 is 1.11 bits per heavy atom. The highest BCUT2D eigenvalue weighted by atomic mass is 127. The van der Waals surface area contributed by atoms with Gasteiger partial charge in [0.1, 0.15) is 41.2 Å². The van der Waals surface area contributed by atoms with E-state index in [1.165, 1.54) is 24.7 Å². The van der Waals surface area contributed by atoms with Crippen molar-refractivity contribution in [2.45, 2.75) is 0 Å². The van der Waals surface area contributed by atoms with Crippen molar-refractivity contribution in [1.82, 2.24) is 24.3 Å². The highest BCUT2D eigenvalue weighted by Gasteiger charge is 2.19. The van der Waals surface area contributed by atoms with Gasteiger partial charge in [-0.15, -0.1) is 0 Å². The van der Waals surface area contributed by atoms with E-state index in [2.05, 4.69) is 52.6 Å². The largest absolute Gasteiger partial charge is 0.386 e. The first-order chi connectivity index (χ1) is 13.6. The second-order valence-electron chi connectivity index (χ2n) is 5.65. The Morgan fingerprint density at radius 3 is 2.75 bits per heavy atom. The Morgan fingerprint density at radius 2 is 1.96 bits per heavy atom. The molecule has 3 heterocycles. The monoisotopic (exact) mass is 511 g/mol. The van der Waals surface area contributed by atoms with Gasteiger partial charge in [-0.1, -0.05) is 0 Å². The fourth-order valence-corrected chi connectivity index (χ4v) is 4.17. The van der Waals surface area contributed by atoms with Crippen molar-refractivity contribution in [3.05, 3.63) is 54.8 Å². The van der Waals surface area contributed by atoms with Gasteiger partial charge in [0.2, 0.25) is 0 Å². The first-order valence-corrected chi connectivity index (χ1v) is 12.1. The van der Waals surface area contributed by atoms with E-state index < -0.39 is 11.6 Å². The zero-order valence-electron chi connectivity index (χ0n) is 14.4. The molecule has 0 saturated carbocycles. The fourth-order valence-electron chi connectivity index (χ4n) is 2.77. The van der Waals surface area contributed by atoms with Crippen LogP contribution in [0.5, 0.6) is 0 Å². The topological polar surface area (TPSA) is 80.6 Å². The zero-order chi connectivity index (χ0) is 19.7. The molecule has 1 unspecified atom stereocenters. The van der Waals surface area contributed by atoms with Crippen LogP contribution in [0.15, 0.2) is 43.1 Å². The maximum atomic E-state index is 14.6. The number of halogens is 3. The van der Waals surface area contributed by atoms with E-state index in [4.69, 9.17) is 0 Å². The van der Waals surface area contributed by atoms with Gasteiger partial charge in [-0.3, -0.25) is 4.34 Å². The number of nitrogens with zero attached hydrogens (tertiary/aromatic N) is 5. The highest BCUT2D eigenvalue weighted by molar-refractivity contribution is 14.2. The minimum absolute atomic E-state index is 0.174. The van der Waals surface area contributed by atoms with E-state index in [9.17, 15) is 8.78 Å². The fraction of sp³-hybridized carbons (Fsp3) is 0.0588. The molecule has 4 aromatic rings. The summed E-state index contributed by atoms with van der Waals surface area (Å²) in [4.78, 5) is 17.3. The van der Waals surface area contributed by atoms with Crippen LogP contribution in [-0.4, -0.2) is 31.3 Å². The van der Waals surface area contributed by atoms with Crippen molar-refractivity contribution >= 4 is 56.8 Å². The van der Waals surface area contributed by atoms with Gasteiger partial charge in [-0.2, -0.15) is 0 Å². The van der Waals surface area contributed by atoms with Gasteiger partial charge < -0.3 is 10.6 Å². The zero-order valence-corrected chi connectivity index (χ0v) is 17.6. The quantitative estimate of drug-likeness (QED) is 0.298. The molecule has 0 aliphatic carbocycles. The van der Waals surface area contributed by atoms with E-state index in [1.807, 2.05) is 4.34 Å². The molecule has 0 amide bonds. The first kappa shape index (κ1) is 18.9. The molecule has 1 aromatic carbocycles. The molecule has 2 N–H and O–H groups in total. The number of benzene rings is 1. The molecule has 3 aromatic heterocycles. The van der Waals surface area contributed by atoms with Gasteiger partial charge in [0.05, 0.1) is 12.1 Å². The molecule has 7 nitrogen and oxygen atoms in total. The Labute approximate surface area is 173 Å². The van der Waals surface area contributed by atoms with Gasteiger partial charge in [-0.05, 0) is 46.3 Å². The third-order valence-corrected chi connectivity index (χ3v) is 6.16. The van der Waals surface area contributed by atoms with Crippen molar-refractivity contribution < 1.29 is 8.78 Å². The molecule has 0 fully saturated rings. The first-order valence-electron chi connectivity index (χ1n) is 8.07. The number of imidazole rings is 1. The molecule has 0 bridgehead atoms. The lowest BCUT2D eigenvalue weighted by Crippen LogP contribution is -2.04. The molecule has 142 valence electrons. The molecule has 1 atom stereocenters. The Balaban J connectivity index is 1.85. The summed E-state index contributed by atoms with van der Waals surface area (Å²) in [5.41, 5.74) is 2.24. The number of pyridine rings is 1. The maximum absolute atomic E-state index is 14.6. The van der Waals surface area contributed by atoms with Crippen LogP contribution in [0, 0.1) is 11.6 Å². The van der Waals surface area contributed by atoms with Crippen LogP contribution >= 0.6 is 28.4 Å². The Kier molecular flexibility index (Phi) is 5.31. The normalized spacial score (nSPS) is 11.4. The lowest BCUT2D eigenvalue weighted by Gasteiger charge is -2.14. The van der Waals surface area contributed by atoms with Gasteiger partial charge in [0.25, 0.3) is 0 Å². The third kappa shape index (κ3) is 3.26. The molecule has 0 radical (unpaired) electrons. The minimum Gasteiger partial charge on any atom is -0.386 e. The van der Waals surface area contributed by atoms with Crippen molar-refractivity contribution in [3.8, 4) is 11.3 Å². The molecule has 0 aliphatic rings. The summed E-state index contributed by atoms with van der Waals surface area (Å²) < 4.78 is 30.8. The van der Waals surface area contributed by atoms with Crippen LogP contribution in [-0.2, 0) is 0 Å². The molecule has 0 spiro atoms. The summed E-state index contributed by atoms with van der Waals surface area (Å²) in [7, 11) is 1.56. The number of anilines is 3. The van der Waals surface area contributed by atoms with Crippen molar-refractivity contribution in [2.24, 2.45) is 0 Å². The summed E-state index contributed by atoms with van der Waals surface area (Å²) in [5, 5.41) is 5.46. The van der Waals surface area contributed by atoms with E-state index in [1.54, 1.807) is 25.5 Å². The summed E-state index contributed by atoms with van der Waals surface area (Å²) >= 11 is 2.24. The van der Waals surface area contributed by atoms with Crippen LogP contribution < -0.4 is 10.6 Å². The average Bonchev–Trinajstić information content (AvgIpc) is 3.15. The number of aromatic nitrogens is 5. The van der Waals surface area contributed by atoms with E-state index in [0.717, 1.165) is 0 Å². The molecule has 4 rings (SSSR count). The SMILES string of the molecule is CNc1ccc(F)c(Nc2ncccc2-c2ncnc3c2ncn3PI)c1F. The van der Waals surface area contributed by atoms with Crippen molar-refractivity contribution in [1.29, 1.82) is 0 Å². The summed E-state index contributed by atoms with van der Waals surface area (Å²) in [5.74, 6) is -1.20. The average molecular weight is 511 g/mol. The Bertz CT molecular complexity index is 1170. The molecule has 28 heavy (non-hydrogen) atoms. The van der Waals surface area contributed by atoms with Crippen LogP contribution in [0.4, 0.5) is 26.0 Å². The Hall–Kier alpha value is -2.46. The van der Waals surface area contributed by atoms with Crippen molar-refractivity contribution in [3.63, 3.8) is 0 Å². The second-order valence-corrected chi connectivity index (χ2v) is 7.75. The second kappa shape index (κ2) is 7.88. The standard InChI is InChI=1S/C17H13F2IN7P/c1-21-11-5-4-10(18)14(12(11)19)26-16-9(3-2-6-22-16)13-15-17(24-7-23-13)27(28-20)8-25-15/h2-8,21,28H,1H3,(H,22,26). The van der Waals surface area contributed by atoms with Gasteiger partial charge in [-0.25, -0.2) is 28.7 Å². The number of rotatable bonds is 5. The van der Waals surface area contributed by atoms with Gasteiger partial charge in [0.15, 0.2) is 11.5 Å². The number of hydrogen-bond donors (Lipinski definition) is 2. The predicted octanol–water partition coefficient (Wildman–Crippen LogP) is 4.74. The molecule has 0 saturated heterocycles. The highest BCUT2D eigenvalue weighted by Crippen LogP contribution is 2.35. The molecule has 11 heteroatoms. The summed E-state index contributed by atoms with van der Waals surface area (Å²) in [6.45, 7) is 0. The van der Waals surface area contributed by atoms with Crippen molar-refractivity contribution in [2.75, 3.05) is 17.7 Å². The molecular weight excluding hydrogens is 498 g/mol. The van der Waals surface area contributed by atoms with E-state index >= 15 is 0 Å². The molecular formula is C17H13F2IN7P. The third-order valence-electron chi connectivity index (χ3n) is 4.09. The lowest BCUT2D eigenvalue weighted by atomic mass is 10.1. The molecule has 0 aliphatic heterocycles. The lowest BCUT2D eigenvalue weighted by molar-refractivity contribution is 0.593. The van der Waals surface area contributed by atoms with Gasteiger partial charge in [0, 0.05) is 18.8 Å². The number of nitrogens with one attached hydrogen (secondary N) is 2. The van der Waals surface area contributed by atoms with E-state index in [0.29, 0.717) is 28.8 Å². The smallest absolute Gasteiger partial charge is 0.172 e. The predicted molar refractivity (Wildman–Crippen MR) is 115 cm³/mol. The van der Waals surface area contributed by atoms with Crippen LogP contribution in [0.2, 0.25) is 0 Å². The van der Waals surface area contributed by atoms with Crippen LogP contribution in [0.3, 0.4) is 0 Å². The van der Waals surface area contributed by atoms with E-state index in [-0.39, 0.29) is 17.2 Å². The maximum Gasteiger partial charge on any atom is 0.172 e. The van der Waals surface area contributed by atoms with Crippen LogP contribution in [0.25, 0.3) is 22.4 Å². The number of hydrogen-bond acceptors (Lipinski definition) is 6. The minimum atomic E-state index is -0.734. The van der Waals surface area contributed by atoms with Crippen LogP contribution in [0.1, 0.15) is 0 Å². The summed E-state index contributed by atoms with van der Waals surface area (Å²) in [6, 6.07) is 6.01. The number of fused-ring (bicyclic) bond motifs is 1.